The first-order valence-electron chi connectivity index (χ1n) is 8.90. The summed E-state index contributed by atoms with van der Waals surface area (Å²) < 4.78 is 10.4. The smallest absolute Gasteiger partial charge is 0.323 e. The third-order valence-electron chi connectivity index (χ3n) is 6.07. The van der Waals surface area contributed by atoms with E-state index in [1.807, 2.05) is 14.2 Å². The van der Waals surface area contributed by atoms with Gasteiger partial charge in [0.15, 0.2) is 0 Å². The van der Waals surface area contributed by atoms with Crippen LogP contribution in [0.1, 0.15) is 32.1 Å². The van der Waals surface area contributed by atoms with Crippen LogP contribution in [-0.2, 0) is 14.3 Å². The molecule has 0 aromatic rings. The van der Waals surface area contributed by atoms with Gasteiger partial charge in [0.05, 0.1) is 13.2 Å². The van der Waals surface area contributed by atoms with E-state index in [0.717, 1.165) is 25.6 Å². The Morgan fingerprint density at radius 2 is 1.96 bits per heavy atom. The lowest BCUT2D eigenvalue weighted by Gasteiger charge is -2.41. The first-order valence-corrected chi connectivity index (χ1v) is 8.90. The van der Waals surface area contributed by atoms with Crippen molar-refractivity contribution in [2.24, 2.45) is 5.92 Å². The Labute approximate surface area is 139 Å². The number of carbonyl (C=O) groups excluding carboxylic acids is 1. The van der Waals surface area contributed by atoms with E-state index in [2.05, 4.69) is 15.1 Å². The zero-order chi connectivity index (χ0) is 16.4. The quantitative estimate of drug-likeness (QED) is 0.767. The van der Waals surface area contributed by atoms with Crippen molar-refractivity contribution in [2.75, 3.05) is 41.0 Å². The van der Waals surface area contributed by atoms with Crippen LogP contribution in [0.5, 0.6) is 0 Å². The Kier molecular flexibility index (Phi) is 5.57. The Bertz CT molecular complexity index is 412. The lowest BCUT2D eigenvalue weighted by atomic mass is 9.86. The molecule has 3 fully saturated rings. The second-order valence-corrected chi connectivity index (χ2v) is 7.40. The number of nitrogens with one attached hydrogen (secondary N) is 1. The summed E-state index contributed by atoms with van der Waals surface area (Å²) in [6.45, 7) is 3.05. The largest absolute Gasteiger partial charge is 0.468 e. The summed E-state index contributed by atoms with van der Waals surface area (Å²) in [4.78, 5) is 16.7. The van der Waals surface area contributed by atoms with Gasteiger partial charge < -0.3 is 9.47 Å². The molecule has 0 aromatic carbocycles. The molecule has 3 aliphatic rings. The molecule has 3 rings (SSSR count). The van der Waals surface area contributed by atoms with E-state index in [9.17, 15) is 4.79 Å². The maximum Gasteiger partial charge on any atom is 0.323 e. The number of hydrogen-bond acceptors (Lipinski definition) is 6. The van der Waals surface area contributed by atoms with Crippen molar-refractivity contribution in [3.63, 3.8) is 0 Å². The van der Waals surface area contributed by atoms with E-state index < -0.39 is 0 Å². The van der Waals surface area contributed by atoms with Crippen LogP contribution in [-0.4, -0.2) is 81.0 Å². The zero-order valence-electron chi connectivity index (χ0n) is 14.7. The van der Waals surface area contributed by atoms with Gasteiger partial charge in [0.1, 0.15) is 6.04 Å². The summed E-state index contributed by atoms with van der Waals surface area (Å²) in [5.41, 5.74) is 0. The molecule has 6 heteroatoms. The van der Waals surface area contributed by atoms with Gasteiger partial charge in [-0.3, -0.25) is 19.9 Å². The van der Waals surface area contributed by atoms with Gasteiger partial charge in [0.2, 0.25) is 0 Å². The minimum Gasteiger partial charge on any atom is -0.468 e. The number of ether oxygens (including phenoxy) is 2. The molecule has 6 nitrogen and oxygen atoms in total. The van der Waals surface area contributed by atoms with E-state index in [1.165, 1.54) is 39.3 Å². The lowest BCUT2D eigenvalue weighted by Crippen LogP contribution is -2.57. The summed E-state index contributed by atoms with van der Waals surface area (Å²) in [7, 11) is 5.35. The Morgan fingerprint density at radius 1 is 1.22 bits per heavy atom. The Balaban J connectivity index is 1.53. The molecule has 0 aromatic heterocycles. The third kappa shape index (κ3) is 3.71. The molecule has 1 aliphatic carbocycles. The fraction of sp³-hybridized carbons (Fsp3) is 0.941. The lowest BCUT2D eigenvalue weighted by molar-refractivity contribution is -0.148. The van der Waals surface area contributed by atoms with Crippen molar-refractivity contribution in [2.45, 2.75) is 56.3 Å². The van der Waals surface area contributed by atoms with Crippen LogP contribution in [0.2, 0.25) is 0 Å². The summed E-state index contributed by atoms with van der Waals surface area (Å²) in [5, 5.41) is 3.61. The molecule has 23 heavy (non-hydrogen) atoms. The standard InChI is InChI=1S/C17H31N3O3/c1-19-10-16-14(8-15(19)17(21)23-3)18-11-20(16)9-12-4-6-13(22-2)7-5-12/h12-16,18H,4-11H2,1-3H3. The molecule has 1 saturated carbocycles. The molecule has 3 unspecified atom stereocenters. The van der Waals surface area contributed by atoms with Crippen LogP contribution in [0.3, 0.4) is 0 Å². The van der Waals surface area contributed by atoms with E-state index in [1.54, 1.807) is 0 Å². The van der Waals surface area contributed by atoms with Crippen LogP contribution in [0, 0.1) is 5.92 Å². The Morgan fingerprint density at radius 3 is 2.61 bits per heavy atom. The van der Waals surface area contributed by atoms with E-state index in [-0.39, 0.29) is 12.0 Å². The number of carbonyl (C=O) groups is 1. The highest BCUT2D eigenvalue weighted by Gasteiger charge is 2.44. The maximum atomic E-state index is 11.9. The van der Waals surface area contributed by atoms with E-state index >= 15 is 0 Å². The molecule has 2 aliphatic heterocycles. The molecule has 132 valence electrons. The first-order chi connectivity index (χ1) is 11.1. The zero-order valence-corrected chi connectivity index (χ0v) is 14.7. The highest BCUT2D eigenvalue weighted by Crippen LogP contribution is 2.30. The topological polar surface area (TPSA) is 54.0 Å². The van der Waals surface area contributed by atoms with Crippen molar-refractivity contribution >= 4 is 5.97 Å². The second kappa shape index (κ2) is 7.47. The fourth-order valence-corrected chi connectivity index (χ4v) is 4.56. The van der Waals surface area contributed by atoms with Crippen molar-refractivity contribution in [1.29, 1.82) is 0 Å². The van der Waals surface area contributed by atoms with Crippen molar-refractivity contribution in [1.82, 2.24) is 15.1 Å². The average molecular weight is 325 g/mol. The molecular formula is C17H31N3O3. The predicted octanol–water partition coefficient (Wildman–Crippen LogP) is 0.669. The molecule has 0 bridgehead atoms. The minimum atomic E-state index is -0.107. The number of piperidine rings is 1. The van der Waals surface area contributed by atoms with Gasteiger partial charge in [-0.2, -0.15) is 0 Å². The molecule has 3 atom stereocenters. The average Bonchev–Trinajstić information content (AvgIpc) is 2.96. The summed E-state index contributed by atoms with van der Waals surface area (Å²) in [6.07, 6.45) is 6.25. The molecule has 0 amide bonds. The molecule has 0 spiro atoms. The summed E-state index contributed by atoms with van der Waals surface area (Å²) in [5.74, 6) is 0.676. The van der Waals surface area contributed by atoms with Gasteiger partial charge in [-0.25, -0.2) is 0 Å². The monoisotopic (exact) mass is 325 g/mol. The van der Waals surface area contributed by atoms with Gasteiger partial charge in [0.25, 0.3) is 0 Å². The predicted molar refractivity (Wildman–Crippen MR) is 88.1 cm³/mol. The second-order valence-electron chi connectivity index (χ2n) is 7.40. The van der Waals surface area contributed by atoms with E-state index in [0.29, 0.717) is 18.2 Å². The molecule has 2 saturated heterocycles. The van der Waals surface area contributed by atoms with Gasteiger partial charge >= 0.3 is 5.97 Å². The van der Waals surface area contributed by atoms with Crippen LogP contribution in [0.4, 0.5) is 0 Å². The first kappa shape index (κ1) is 17.1. The van der Waals surface area contributed by atoms with Gasteiger partial charge in [-0.15, -0.1) is 0 Å². The third-order valence-corrected chi connectivity index (χ3v) is 6.07. The summed E-state index contributed by atoms with van der Waals surface area (Å²) in [6, 6.07) is 0.817. The number of nitrogens with zero attached hydrogens (tertiary/aromatic N) is 2. The van der Waals surface area contributed by atoms with Gasteiger partial charge in [0, 0.05) is 39.0 Å². The SMILES string of the molecule is COC(=O)C1CC2NCN(CC3CCC(OC)CC3)C2CN1C. The van der Waals surface area contributed by atoms with Crippen LogP contribution in [0.25, 0.3) is 0 Å². The number of hydrogen-bond donors (Lipinski definition) is 1. The van der Waals surface area contributed by atoms with Crippen LogP contribution < -0.4 is 5.32 Å². The maximum absolute atomic E-state index is 11.9. The minimum absolute atomic E-state index is 0.106. The molecular weight excluding hydrogens is 294 g/mol. The van der Waals surface area contributed by atoms with Crippen LogP contribution >= 0.6 is 0 Å². The fourth-order valence-electron chi connectivity index (χ4n) is 4.56. The van der Waals surface area contributed by atoms with Gasteiger partial charge in [-0.1, -0.05) is 0 Å². The van der Waals surface area contributed by atoms with Crippen LogP contribution in [0.15, 0.2) is 0 Å². The number of likely N-dealkylation sites (tertiary alicyclic amines) is 1. The van der Waals surface area contributed by atoms with Crippen molar-refractivity contribution < 1.29 is 14.3 Å². The molecule has 2 heterocycles. The summed E-state index contributed by atoms with van der Waals surface area (Å²) >= 11 is 0. The van der Waals surface area contributed by atoms with Gasteiger partial charge in [-0.05, 0) is 45.1 Å². The number of methoxy groups -OCH3 is 2. The van der Waals surface area contributed by atoms with Crippen molar-refractivity contribution in [3.05, 3.63) is 0 Å². The molecule has 1 N–H and O–H groups in total. The normalized spacial score (nSPS) is 39.2. The van der Waals surface area contributed by atoms with E-state index in [4.69, 9.17) is 9.47 Å². The number of likely N-dealkylation sites (N-methyl/N-ethyl adjacent to an activating group) is 1. The number of esters is 1. The number of rotatable bonds is 4. The van der Waals surface area contributed by atoms with Crippen molar-refractivity contribution in [3.8, 4) is 0 Å². The highest BCUT2D eigenvalue weighted by molar-refractivity contribution is 5.75. The Hall–Kier alpha value is -0.690. The highest BCUT2D eigenvalue weighted by atomic mass is 16.5. The molecule has 0 radical (unpaired) electrons. The number of fused-ring (bicyclic) bond motifs is 1.